The molecule has 1 aliphatic rings. The molecular weight excluding hydrogens is 386 g/mol. The van der Waals surface area contributed by atoms with Gasteiger partial charge in [0.2, 0.25) is 0 Å². The number of imidazole rings is 1. The number of fused-ring (bicyclic) bond motifs is 2. The molecule has 0 amide bonds. The van der Waals surface area contributed by atoms with Crippen molar-refractivity contribution in [3.63, 3.8) is 0 Å². The van der Waals surface area contributed by atoms with E-state index in [0.29, 0.717) is 0 Å². The summed E-state index contributed by atoms with van der Waals surface area (Å²) >= 11 is 0. The summed E-state index contributed by atoms with van der Waals surface area (Å²) in [7, 11) is 0. The molecule has 6 heteroatoms. The minimum Gasteiger partial charge on any atom is -0.411 e. The monoisotopic (exact) mass is 411 g/mol. The Balaban J connectivity index is 1.47. The molecule has 2 N–H and O–H groups in total. The van der Waals surface area contributed by atoms with Gasteiger partial charge in [-0.05, 0) is 54.2 Å². The van der Waals surface area contributed by atoms with E-state index >= 15 is 0 Å². The van der Waals surface area contributed by atoms with Gasteiger partial charge in [-0.1, -0.05) is 47.6 Å². The Morgan fingerprint density at radius 3 is 2.77 bits per heavy atom. The van der Waals surface area contributed by atoms with Crippen LogP contribution in [0.1, 0.15) is 47.1 Å². The fraction of sp³-hybridized carbons (Fsp3) is 0.240. The van der Waals surface area contributed by atoms with Gasteiger partial charge in [0.15, 0.2) is 0 Å². The number of pyridine rings is 1. The summed E-state index contributed by atoms with van der Waals surface area (Å²) in [5.41, 5.74) is 6.67. The lowest BCUT2D eigenvalue weighted by molar-refractivity contribution is 0.153. The number of H-pyrrole nitrogens is 1. The Kier molecular flexibility index (Phi) is 5.46. The van der Waals surface area contributed by atoms with Crippen LogP contribution in [-0.2, 0) is 19.5 Å². The third-order valence-electron chi connectivity index (χ3n) is 5.97. The van der Waals surface area contributed by atoms with Gasteiger partial charge in [-0.25, -0.2) is 4.98 Å². The van der Waals surface area contributed by atoms with Crippen LogP contribution in [0.4, 0.5) is 0 Å². The van der Waals surface area contributed by atoms with Crippen molar-refractivity contribution in [2.45, 2.75) is 38.4 Å². The van der Waals surface area contributed by atoms with E-state index in [9.17, 15) is 0 Å². The third-order valence-corrected chi connectivity index (χ3v) is 5.97. The van der Waals surface area contributed by atoms with Crippen molar-refractivity contribution < 1.29 is 5.21 Å². The van der Waals surface area contributed by atoms with Crippen LogP contribution in [0.3, 0.4) is 0 Å². The third kappa shape index (κ3) is 4.20. The molecule has 0 aliphatic heterocycles. The fourth-order valence-electron chi connectivity index (χ4n) is 4.50. The molecule has 1 aliphatic carbocycles. The van der Waals surface area contributed by atoms with Crippen molar-refractivity contribution in [1.29, 1.82) is 0 Å². The Labute approximate surface area is 181 Å². The van der Waals surface area contributed by atoms with Crippen LogP contribution in [0, 0.1) is 0 Å². The predicted molar refractivity (Wildman–Crippen MR) is 121 cm³/mol. The van der Waals surface area contributed by atoms with Gasteiger partial charge in [0, 0.05) is 12.7 Å². The second-order valence-corrected chi connectivity index (χ2v) is 8.05. The molecule has 0 saturated carbocycles. The molecule has 2 heterocycles. The first-order valence-corrected chi connectivity index (χ1v) is 10.7. The summed E-state index contributed by atoms with van der Waals surface area (Å²) in [6.07, 6.45) is 6.68. The molecule has 0 fully saturated rings. The summed E-state index contributed by atoms with van der Waals surface area (Å²) in [4.78, 5) is 15.5. The van der Waals surface area contributed by atoms with E-state index in [-0.39, 0.29) is 6.04 Å². The van der Waals surface area contributed by atoms with Crippen molar-refractivity contribution in [2.24, 2.45) is 5.16 Å². The zero-order valence-electron chi connectivity index (χ0n) is 17.3. The lowest BCUT2D eigenvalue weighted by atomic mass is 9.90. The van der Waals surface area contributed by atoms with Gasteiger partial charge < -0.3 is 10.2 Å². The Morgan fingerprint density at radius 2 is 1.94 bits per heavy atom. The summed E-state index contributed by atoms with van der Waals surface area (Å²) < 4.78 is 0. The first-order chi connectivity index (χ1) is 15.3. The van der Waals surface area contributed by atoms with E-state index in [2.05, 4.69) is 39.3 Å². The molecule has 5 rings (SSSR count). The average molecular weight is 412 g/mol. The molecule has 0 saturated heterocycles. The van der Waals surface area contributed by atoms with Crippen molar-refractivity contribution in [1.82, 2.24) is 19.9 Å². The van der Waals surface area contributed by atoms with Gasteiger partial charge in [0.25, 0.3) is 0 Å². The molecule has 6 nitrogen and oxygen atoms in total. The van der Waals surface area contributed by atoms with E-state index in [1.807, 2.05) is 42.6 Å². The van der Waals surface area contributed by atoms with Gasteiger partial charge in [0.1, 0.15) is 5.82 Å². The number of benzene rings is 2. The molecule has 2 aromatic carbocycles. The molecule has 31 heavy (non-hydrogen) atoms. The van der Waals surface area contributed by atoms with Gasteiger partial charge in [-0.2, -0.15) is 0 Å². The molecule has 2 aromatic heterocycles. The highest BCUT2D eigenvalue weighted by molar-refractivity contribution is 5.79. The van der Waals surface area contributed by atoms with Gasteiger partial charge in [0.05, 0.1) is 35.5 Å². The van der Waals surface area contributed by atoms with Crippen LogP contribution in [-0.4, -0.2) is 31.3 Å². The van der Waals surface area contributed by atoms with Crippen LogP contribution in [0.25, 0.3) is 11.0 Å². The number of aromatic nitrogens is 3. The highest BCUT2D eigenvalue weighted by Crippen LogP contribution is 2.34. The molecule has 1 unspecified atom stereocenters. The smallest absolute Gasteiger partial charge is 0.121 e. The number of nitrogens with one attached hydrogen (secondary N) is 1. The van der Waals surface area contributed by atoms with E-state index in [1.165, 1.54) is 23.0 Å². The number of aromatic amines is 1. The summed E-state index contributed by atoms with van der Waals surface area (Å²) in [6, 6.07) is 20.8. The first-order valence-electron chi connectivity index (χ1n) is 10.7. The summed E-state index contributed by atoms with van der Waals surface area (Å²) in [5.74, 6) is 0.966. The van der Waals surface area contributed by atoms with E-state index < -0.39 is 0 Å². The maximum Gasteiger partial charge on any atom is 0.121 e. The summed E-state index contributed by atoms with van der Waals surface area (Å²) in [6.45, 7) is 1.50. The van der Waals surface area contributed by atoms with Crippen LogP contribution in [0.5, 0.6) is 0 Å². The Morgan fingerprint density at radius 1 is 1.06 bits per heavy atom. The van der Waals surface area contributed by atoms with Gasteiger partial charge in [-0.3, -0.25) is 9.88 Å². The lowest BCUT2D eigenvalue weighted by Crippen LogP contribution is -2.31. The largest absolute Gasteiger partial charge is 0.411 e. The molecule has 0 bridgehead atoms. The topological polar surface area (TPSA) is 77.4 Å². The second-order valence-electron chi connectivity index (χ2n) is 8.05. The number of para-hydroxylation sites is 2. The zero-order valence-corrected chi connectivity index (χ0v) is 17.3. The van der Waals surface area contributed by atoms with E-state index in [4.69, 9.17) is 15.2 Å². The SMILES string of the molecule is O/N=C/c1ccc(CN(Cc2nc3ccccc3[nH]2)C2CCCc3cccnc32)cc1. The highest BCUT2D eigenvalue weighted by atomic mass is 16.4. The quantitative estimate of drug-likeness (QED) is 0.270. The molecular formula is C25H25N5O. The predicted octanol–water partition coefficient (Wildman–Crippen LogP) is 4.85. The fourth-order valence-corrected chi connectivity index (χ4v) is 4.50. The number of aryl methyl sites for hydroxylation is 1. The number of oxime groups is 1. The normalized spacial score (nSPS) is 16.2. The van der Waals surface area contributed by atoms with Crippen LogP contribution < -0.4 is 0 Å². The summed E-state index contributed by atoms with van der Waals surface area (Å²) in [5, 5.41) is 11.9. The van der Waals surface area contributed by atoms with Crippen molar-refractivity contribution in [3.8, 4) is 0 Å². The van der Waals surface area contributed by atoms with Gasteiger partial charge in [-0.15, -0.1) is 0 Å². The van der Waals surface area contributed by atoms with Crippen molar-refractivity contribution in [3.05, 3.63) is 95.1 Å². The number of hydrogen-bond acceptors (Lipinski definition) is 5. The van der Waals surface area contributed by atoms with Crippen LogP contribution >= 0.6 is 0 Å². The average Bonchev–Trinajstić information content (AvgIpc) is 3.22. The van der Waals surface area contributed by atoms with E-state index in [0.717, 1.165) is 54.8 Å². The highest BCUT2D eigenvalue weighted by Gasteiger charge is 2.28. The van der Waals surface area contributed by atoms with Crippen LogP contribution in [0.2, 0.25) is 0 Å². The van der Waals surface area contributed by atoms with Gasteiger partial charge >= 0.3 is 0 Å². The molecule has 4 aromatic rings. The number of nitrogens with zero attached hydrogens (tertiary/aromatic N) is 4. The molecule has 1 atom stereocenters. The number of rotatable bonds is 6. The maximum atomic E-state index is 8.77. The van der Waals surface area contributed by atoms with Crippen LogP contribution in [0.15, 0.2) is 72.0 Å². The first kappa shape index (κ1) is 19.5. The zero-order chi connectivity index (χ0) is 21.0. The Bertz CT molecular complexity index is 1170. The number of hydrogen-bond donors (Lipinski definition) is 2. The molecule has 0 spiro atoms. The maximum absolute atomic E-state index is 8.77. The van der Waals surface area contributed by atoms with E-state index in [1.54, 1.807) is 0 Å². The Hall–Kier alpha value is -3.51. The second kappa shape index (κ2) is 8.70. The minimum atomic E-state index is 0.247. The molecule has 156 valence electrons. The molecule has 0 radical (unpaired) electrons. The standard InChI is InChI=1S/C25H25N5O/c31-27-15-18-10-12-19(13-11-18)16-30(17-24-28-21-7-1-2-8-22(21)29-24)23-9-3-5-20-6-4-14-26-25(20)23/h1-2,4,6-8,10-15,23,31H,3,5,9,16-17H2,(H,28,29)/b27-15+. The minimum absolute atomic E-state index is 0.247. The van der Waals surface area contributed by atoms with Crippen molar-refractivity contribution >= 4 is 17.2 Å². The lowest BCUT2D eigenvalue weighted by Gasteiger charge is -2.34. The van der Waals surface area contributed by atoms with Crippen molar-refractivity contribution in [2.75, 3.05) is 0 Å².